The summed E-state index contributed by atoms with van der Waals surface area (Å²) in [5.74, 6) is -2.65. The lowest BCUT2D eigenvalue weighted by molar-refractivity contribution is -0.429. The molecular formula is C22H16F6N2O5. The fourth-order valence-electron chi connectivity index (χ4n) is 3.71. The first-order valence-corrected chi connectivity index (χ1v) is 9.72. The van der Waals surface area contributed by atoms with Crippen LogP contribution in [0.25, 0.3) is 5.70 Å². The molecule has 0 amide bonds. The lowest BCUT2D eigenvalue weighted by Gasteiger charge is -2.29. The second kappa shape index (κ2) is 9.31. The molecule has 0 saturated carbocycles. The van der Waals surface area contributed by atoms with Crippen molar-refractivity contribution in [2.75, 3.05) is 7.11 Å². The standard InChI is InChI=1S/C22H16F6N2O5/c1-11-19(35-20(31)34-2)16(12-7-3-5-9-14(12)21(23,24)25)18(30(32)33)17(29-11)13-8-4-6-10-15(13)22(26,27)28/h3-10,16,29H,1-2H3. The van der Waals surface area contributed by atoms with Crippen LogP contribution >= 0.6 is 0 Å². The number of benzene rings is 2. The number of allylic oxidation sites excluding steroid dienone is 1. The second-order valence-corrected chi connectivity index (χ2v) is 7.25. The molecule has 2 aromatic rings. The first-order valence-electron chi connectivity index (χ1n) is 9.72. The van der Waals surface area contributed by atoms with E-state index in [1.807, 2.05) is 0 Å². The number of nitrogens with one attached hydrogen (secondary N) is 1. The van der Waals surface area contributed by atoms with Gasteiger partial charge in [-0.25, -0.2) is 4.79 Å². The number of hydrogen-bond donors (Lipinski definition) is 1. The van der Waals surface area contributed by atoms with Gasteiger partial charge in [-0.1, -0.05) is 36.4 Å². The van der Waals surface area contributed by atoms with Crippen LogP contribution in [0.15, 0.2) is 65.7 Å². The molecule has 0 radical (unpaired) electrons. The average Bonchev–Trinajstić information content (AvgIpc) is 2.78. The summed E-state index contributed by atoms with van der Waals surface area (Å²) in [7, 11) is 0.905. The summed E-state index contributed by atoms with van der Waals surface area (Å²) in [6, 6.07) is 7.66. The first kappa shape index (κ1) is 25.6. The molecule has 1 unspecified atom stereocenters. The lowest BCUT2D eigenvalue weighted by atomic mass is 9.84. The van der Waals surface area contributed by atoms with Crippen LogP contribution in [0.3, 0.4) is 0 Å². The average molecular weight is 502 g/mol. The third-order valence-corrected chi connectivity index (χ3v) is 5.11. The Labute approximate surface area is 193 Å². The van der Waals surface area contributed by atoms with Gasteiger partial charge in [0.05, 0.1) is 28.9 Å². The summed E-state index contributed by atoms with van der Waals surface area (Å²) in [6.07, 6.45) is -11.3. The maximum Gasteiger partial charge on any atom is 0.513 e. The number of methoxy groups -OCH3 is 1. The van der Waals surface area contributed by atoms with Crippen LogP contribution in [0.4, 0.5) is 31.1 Å². The van der Waals surface area contributed by atoms with E-state index in [0.29, 0.717) is 12.1 Å². The van der Waals surface area contributed by atoms with Crippen LogP contribution < -0.4 is 5.32 Å². The molecule has 7 nitrogen and oxygen atoms in total. The predicted octanol–water partition coefficient (Wildman–Crippen LogP) is 6.07. The SMILES string of the molecule is COC(=O)OC1=C(C)NC(c2ccccc2C(F)(F)F)=C([N+](=O)[O-])C1c1ccccc1C(F)(F)F. The van der Waals surface area contributed by atoms with Crippen molar-refractivity contribution >= 4 is 11.9 Å². The van der Waals surface area contributed by atoms with E-state index >= 15 is 0 Å². The number of nitrogens with zero attached hydrogens (tertiary/aromatic N) is 1. The molecule has 0 saturated heterocycles. The van der Waals surface area contributed by atoms with Crippen molar-refractivity contribution in [1.29, 1.82) is 0 Å². The highest BCUT2D eigenvalue weighted by Crippen LogP contribution is 2.47. The Morgan fingerprint density at radius 2 is 1.51 bits per heavy atom. The summed E-state index contributed by atoms with van der Waals surface area (Å²) in [5.41, 5.74) is -5.92. The Kier molecular flexibility index (Phi) is 6.81. The van der Waals surface area contributed by atoms with Gasteiger partial charge in [-0.2, -0.15) is 26.3 Å². The van der Waals surface area contributed by atoms with Gasteiger partial charge in [0, 0.05) is 5.56 Å². The number of dihydropyridines is 1. The maximum absolute atomic E-state index is 13.8. The molecule has 1 atom stereocenters. The quantitative estimate of drug-likeness (QED) is 0.236. The minimum Gasteiger partial charge on any atom is -0.437 e. The summed E-state index contributed by atoms with van der Waals surface area (Å²) in [6.45, 7) is 1.19. The monoisotopic (exact) mass is 502 g/mol. The van der Waals surface area contributed by atoms with Gasteiger partial charge in [0.2, 0.25) is 0 Å². The molecule has 0 aromatic heterocycles. The topological polar surface area (TPSA) is 90.7 Å². The summed E-state index contributed by atoms with van der Waals surface area (Å²) < 4.78 is 91.9. The van der Waals surface area contributed by atoms with Crippen LogP contribution in [0.1, 0.15) is 35.1 Å². The number of nitro groups is 1. The van der Waals surface area contributed by atoms with E-state index in [1.54, 1.807) is 0 Å². The van der Waals surface area contributed by atoms with Gasteiger partial charge in [-0.15, -0.1) is 0 Å². The van der Waals surface area contributed by atoms with Crippen molar-refractivity contribution in [2.24, 2.45) is 0 Å². The Morgan fingerprint density at radius 3 is 2.06 bits per heavy atom. The molecule has 13 heteroatoms. The predicted molar refractivity (Wildman–Crippen MR) is 109 cm³/mol. The van der Waals surface area contributed by atoms with Gasteiger partial charge in [-0.3, -0.25) is 10.1 Å². The zero-order valence-electron chi connectivity index (χ0n) is 18.0. The summed E-state index contributed by atoms with van der Waals surface area (Å²) in [5, 5.41) is 14.6. The molecule has 0 aliphatic carbocycles. The van der Waals surface area contributed by atoms with Crippen LogP contribution in [0.2, 0.25) is 0 Å². The van der Waals surface area contributed by atoms with E-state index in [4.69, 9.17) is 4.74 Å². The molecule has 1 heterocycles. The highest BCUT2D eigenvalue weighted by atomic mass is 19.4. The van der Waals surface area contributed by atoms with E-state index in [9.17, 15) is 41.3 Å². The van der Waals surface area contributed by atoms with Gasteiger partial charge in [0.1, 0.15) is 17.4 Å². The van der Waals surface area contributed by atoms with Crippen LogP contribution in [0.5, 0.6) is 0 Å². The van der Waals surface area contributed by atoms with Crippen molar-refractivity contribution in [3.63, 3.8) is 0 Å². The highest BCUT2D eigenvalue weighted by Gasteiger charge is 2.47. The number of rotatable bonds is 4. The number of alkyl halides is 6. The Hall–Kier alpha value is -4.03. The summed E-state index contributed by atoms with van der Waals surface area (Å²) >= 11 is 0. The normalized spacial score (nSPS) is 16.6. The van der Waals surface area contributed by atoms with Gasteiger partial charge >= 0.3 is 18.5 Å². The Bertz CT molecular complexity index is 1230. The van der Waals surface area contributed by atoms with E-state index in [2.05, 4.69) is 10.1 Å². The first-order chi connectivity index (χ1) is 16.3. The third-order valence-electron chi connectivity index (χ3n) is 5.11. The molecule has 1 aliphatic heterocycles. The van der Waals surface area contributed by atoms with Gasteiger partial charge in [0.15, 0.2) is 0 Å². The molecule has 35 heavy (non-hydrogen) atoms. The maximum atomic E-state index is 13.8. The number of hydrogen-bond acceptors (Lipinski definition) is 6. The third kappa shape index (κ3) is 5.08. The van der Waals surface area contributed by atoms with Crippen LogP contribution in [-0.2, 0) is 21.8 Å². The van der Waals surface area contributed by atoms with E-state index in [0.717, 1.165) is 31.4 Å². The molecule has 1 aliphatic rings. The molecule has 0 bridgehead atoms. The lowest BCUT2D eigenvalue weighted by Crippen LogP contribution is -2.32. The fourth-order valence-corrected chi connectivity index (χ4v) is 3.71. The minimum absolute atomic E-state index is 0.227. The van der Waals surface area contributed by atoms with E-state index in [1.165, 1.54) is 19.1 Å². The van der Waals surface area contributed by atoms with Crippen LogP contribution in [-0.4, -0.2) is 18.2 Å². The van der Waals surface area contributed by atoms with Crippen molar-refractivity contribution < 1.29 is 45.5 Å². The number of carbonyl (C=O) groups is 1. The van der Waals surface area contributed by atoms with Crippen LogP contribution in [0, 0.1) is 10.1 Å². The Balaban J connectivity index is 2.42. The Morgan fingerprint density at radius 1 is 0.971 bits per heavy atom. The zero-order valence-corrected chi connectivity index (χ0v) is 18.0. The number of halogens is 6. The molecule has 3 rings (SSSR count). The second-order valence-electron chi connectivity index (χ2n) is 7.25. The molecule has 186 valence electrons. The summed E-state index contributed by atoms with van der Waals surface area (Å²) in [4.78, 5) is 22.9. The molecule has 2 aromatic carbocycles. The molecule has 0 spiro atoms. The zero-order chi connectivity index (χ0) is 26.1. The molecule has 1 N–H and O–H groups in total. The van der Waals surface area contributed by atoms with Crippen molar-refractivity contribution in [3.8, 4) is 0 Å². The van der Waals surface area contributed by atoms with E-state index < -0.39 is 68.8 Å². The smallest absolute Gasteiger partial charge is 0.437 e. The largest absolute Gasteiger partial charge is 0.513 e. The van der Waals surface area contributed by atoms with Crippen molar-refractivity contribution in [1.82, 2.24) is 5.32 Å². The van der Waals surface area contributed by atoms with Gasteiger partial charge < -0.3 is 14.8 Å². The number of carbonyl (C=O) groups excluding carboxylic acids is 1. The van der Waals surface area contributed by atoms with Crippen molar-refractivity contribution in [2.45, 2.75) is 25.2 Å². The van der Waals surface area contributed by atoms with Gasteiger partial charge in [-0.05, 0) is 24.6 Å². The van der Waals surface area contributed by atoms with Gasteiger partial charge in [0.25, 0.3) is 5.70 Å². The fraction of sp³-hybridized carbons (Fsp3) is 0.227. The number of ether oxygens (including phenoxy) is 2. The highest BCUT2D eigenvalue weighted by molar-refractivity contribution is 5.75. The molecular weight excluding hydrogens is 486 g/mol. The molecule has 0 fully saturated rings. The van der Waals surface area contributed by atoms with E-state index in [-0.39, 0.29) is 5.70 Å². The minimum atomic E-state index is -4.99. The van der Waals surface area contributed by atoms with Crippen molar-refractivity contribution in [3.05, 3.63) is 98.1 Å².